The summed E-state index contributed by atoms with van der Waals surface area (Å²) >= 11 is 0. The molecule has 0 amide bonds. The van der Waals surface area contributed by atoms with Crippen LogP contribution in [-0.2, 0) is 0 Å². The molecule has 2 aromatic heterocycles. The summed E-state index contributed by atoms with van der Waals surface area (Å²) < 4.78 is 6.24. The van der Waals surface area contributed by atoms with Gasteiger partial charge in [-0.2, -0.15) is 0 Å². The molecule has 2 heterocycles. The second kappa shape index (κ2) is 13.9. The predicted molar refractivity (Wildman–Crippen MR) is 203 cm³/mol. The molecule has 0 aliphatic rings. The molecule has 11 nitrogen and oxygen atoms in total. The molecule has 0 radical (unpaired) electrons. The number of H-pyrrole nitrogens is 2. The highest BCUT2D eigenvalue weighted by molar-refractivity contribution is 5.83. The van der Waals surface area contributed by atoms with Crippen molar-refractivity contribution in [3.05, 3.63) is 178 Å². The lowest BCUT2D eigenvalue weighted by Gasteiger charge is -2.09. The van der Waals surface area contributed by atoms with Crippen LogP contribution < -0.4 is 4.74 Å². The third kappa shape index (κ3) is 6.77. The summed E-state index contributed by atoms with van der Waals surface area (Å²) in [4.78, 5) is 38.2. The zero-order valence-corrected chi connectivity index (χ0v) is 27.8. The van der Waals surface area contributed by atoms with Gasteiger partial charge in [0.1, 0.15) is 23.1 Å². The Morgan fingerprint density at radius 2 is 0.755 bits per heavy atom. The van der Waals surface area contributed by atoms with Gasteiger partial charge >= 0.3 is 0 Å². The van der Waals surface area contributed by atoms with Crippen LogP contribution in [0.25, 0.3) is 67.8 Å². The molecule has 2 N–H and O–H groups in total. The molecule has 11 heteroatoms. The lowest BCUT2D eigenvalue weighted by atomic mass is 10.0. The van der Waals surface area contributed by atoms with Crippen LogP contribution in [-0.4, -0.2) is 29.8 Å². The second-order valence-corrected chi connectivity index (χ2v) is 12.1. The highest BCUT2D eigenvalue weighted by atomic mass is 16.6. The first-order chi connectivity index (χ1) is 25.9. The van der Waals surface area contributed by atoms with E-state index in [1.54, 1.807) is 24.3 Å². The number of rotatable bonds is 10. The minimum absolute atomic E-state index is 0.0149. The molecule has 0 bridgehead atoms. The van der Waals surface area contributed by atoms with Gasteiger partial charge in [-0.3, -0.25) is 20.2 Å². The molecule has 0 saturated heterocycles. The van der Waals surface area contributed by atoms with Gasteiger partial charge in [0.25, 0.3) is 11.4 Å². The topological polar surface area (TPSA) is 153 Å². The summed E-state index contributed by atoms with van der Waals surface area (Å²) in [5, 5.41) is 22.4. The van der Waals surface area contributed by atoms with E-state index >= 15 is 0 Å². The van der Waals surface area contributed by atoms with Gasteiger partial charge in [0.2, 0.25) is 0 Å². The van der Waals surface area contributed by atoms with Gasteiger partial charge in [-0.05, 0) is 72.8 Å². The Morgan fingerprint density at radius 3 is 1.09 bits per heavy atom. The van der Waals surface area contributed by atoms with Crippen molar-refractivity contribution in [1.29, 1.82) is 0 Å². The maximum Gasteiger partial charge on any atom is 0.269 e. The first-order valence-electron chi connectivity index (χ1n) is 16.6. The summed E-state index contributed by atoms with van der Waals surface area (Å²) in [5.41, 5.74) is 8.27. The van der Waals surface area contributed by atoms with E-state index < -0.39 is 9.85 Å². The first-order valence-corrected chi connectivity index (χ1v) is 16.6. The average molecular weight is 697 g/mol. The molecule has 0 aliphatic carbocycles. The van der Waals surface area contributed by atoms with E-state index in [0.717, 1.165) is 56.2 Å². The SMILES string of the molecule is O=[N+]([O-])c1ccc(-c2nc(-c3ccccc3)c(-c3ccc(Oc4ccc(-c5[nH]c(-c6ccc([N+](=O)[O-])cc6)nc5-c5ccccc5)cc4)cc3)[nH]2)cc1. The largest absolute Gasteiger partial charge is 0.457 e. The Balaban J connectivity index is 1.05. The van der Waals surface area contributed by atoms with E-state index in [1.807, 2.05) is 109 Å². The fraction of sp³-hybridized carbons (Fsp3) is 0. The molecule has 8 aromatic rings. The van der Waals surface area contributed by atoms with E-state index in [9.17, 15) is 20.2 Å². The molecule has 8 rings (SSSR count). The molecule has 0 unspecified atom stereocenters. The van der Waals surface area contributed by atoms with Crippen molar-refractivity contribution in [2.45, 2.75) is 0 Å². The molecule has 256 valence electrons. The number of imidazole rings is 2. The highest BCUT2D eigenvalue weighted by Gasteiger charge is 2.18. The van der Waals surface area contributed by atoms with Gasteiger partial charge in [0.05, 0.1) is 32.6 Å². The fourth-order valence-electron chi connectivity index (χ4n) is 6.04. The summed E-state index contributed by atoms with van der Waals surface area (Å²) in [6.07, 6.45) is 0. The molecule has 0 fully saturated rings. The van der Waals surface area contributed by atoms with E-state index in [1.165, 1.54) is 24.3 Å². The van der Waals surface area contributed by atoms with Crippen LogP contribution in [0.4, 0.5) is 11.4 Å². The Bertz CT molecular complexity index is 2370. The minimum Gasteiger partial charge on any atom is -0.457 e. The van der Waals surface area contributed by atoms with Gasteiger partial charge in [-0.15, -0.1) is 0 Å². The fourth-order valence-corrected chi connectivity index (χ4v) is 6.04. The van der Waals surface area contributed by atoms with Crippen molar-refractivity contribution >= 4 is 11.4 Å². The van der Waals surface area contributed by atoms with Crippen molar-refractivity contribution in [2.24, 2.45) is 0 Å². The van der Waals surface area contributed by atoms with Crippen molar-refractivity contribution in [2.75, 3.05) is 0 Å². The number of nitrogens with zero attached hydrogens (tertiary/aromatic N) is 4. The minimum atomic E-state index is -0.423. The van der Waals surface area contributed by atoms with E-state index in [0.29, 0.717) is 23.1 Å². The van der Waals surface area contributed by atoms with Gasteiger partial charge in [-0.25, -0.2) is 9.97 Å². The van der Waals surface area contributed by atoms with Crippen molar-refractivity contribution in [1.82, 2.24) is 19.9 Å². The van der Waals surface area contributed by atoms with Gasteiger partial charge in [0, 0.05) is 57.6 Å². The number of nitrogens with one attached hydrogen (secondary N) is 2. The molecular weight excluding hydrogens is 668 g/mol. The summed E-state index contributed by atoms with van der Waals surface area (Å²) in [5.74, 6) is 2.48. The van der Waals surface area contributed by atoms with Crippen LogP contribution >= 0.6 is 0 Å². The number of hydrogen-bond donors (Lipinski definition) is 2. The van der Waals surface area contributed by atoms with Crippen molar-refractivity contribution in [3.8, 4) is 79.3 Å². The van der Waals surface area contributed by atoms with Crippen LogP contribution in [0, 0.1) is 20.2 Å². The normalized spacial score (nSPS) is 10.9. The Hall–Kier alpha value is -7.66. The Labute approximate surface area is 302 Å². The van der Waals surface area contributed by atoms with Crippen LogP contribution in [0.15, 0.2) is 158 Å². The Kier molecular flexibility index (Phi) is 8.55. The van der Waals surface area contributed by atoms with Gasteiger partial charge in [-0.1, -0.05) is 60.7 Å². The molecule has 0 aliphatic heterocycles. The number of non-ortho nitro benzene ring substituents is 2. The molecule has 6 aromatic carbocycles. The second-order valence-electron chi connectivity index (χ2n) is 12.1. The van der Waals surface area contributed by atoms with Crippen LogP contribution in [0.3, 0.4) is 0 Å². The van der Waals surface area contributed by atoms with Crippen LogP contribution in [0.1, 0.15) is 0 Å². The summed E-state index contributed by atoms with van der Waals surface area (Å²) in [6, 6.07) is 47.7. The molecule has 0 spiro atoms. The summed E-state index contributed by atoms with van der Waals surface area (Å²) in [6.45, 7) is 0. The molecule has 0 saturated carbocycles. The van der Waals surface area contributed by atoms with E-state index in [4.69, 9.17) is 14.7 Å². The number of aromatic nitrogens is 4. The van der Waals surface area contributed by atoms with Crippen molar-refractivity contribution < 1.29 is 14.6 Å². The smallest absolute Gasteiger partial charge is 0.269 e. The lowest BCUT2D eigenvalue weighted by molar-refractivity contribution is -0.385. The highest BCUT2D eigenvalue weighted by Crippen LogP contribution is 2.37. The standard InChI is InChI=1S/C42H28N6O5/c49-47(50)33-19-11-31(12-20-33)41-43-37(27-7-3-1-4-8-27)39(45-41)29-15-23-35(24-16-29)53-36-25-17-30(18-26-36)40-38(28-9-5-2-6-10-28)44-42(46-40)32-13-21-34(22-14-32)48(51)52/h1-26H,(H,43,45)(H,44,46). The average Bonchev–Trinajstić information content (AvgIpc) is 3.86. The number of nitro groups is 2. The third-order valence-corrected chi connectivity index (χ3v) is 8.73. The molecule has 53 heavy (non-hydrogen) atoms. The zero-order chi connectivity index (χ0) is 36.3. The van der Waals surface area contributed by atoms with Crippen molar-refractivity contribution in [3.63, 3.8) is 0 Å². The number of nitro benzene ring substituents is 2. The van der Waals surface area contributed by atoms with Crippen LogP contribution in [0.5, 0.6) is 11.5 Å². The van der Waals surface area contributed by atoms with E-state index in [-0.39, 0.29) is 11.4 Å². The van der Waals surface area contributed by atoms with Gasteiger partial charge in [0.15, 0.2) is 0 Å². The molecular formula is C42H28N6O5. The van der Waals surface area contributed by atoms with E-state index in [2.05, 4.69) is 9.97 Å². The molecule has 0 atom stereocenters. The monoisotopic (exact) mass is 696 g/mol. The number of ether oxygens (including phenoxy) is 1. The first kappa shape index (κ1) is 32.5. The maximum atomic E-state index is 11.2. The quantitative estimate of drug-likeness (QED) is 0.107. The lowest BCUT2D eigenvalue weighted by Crippen LogP contribution is -1.88. The van der Waals surface area contributed by atoms with Crippen LogP contribution in [0.2, 0.25) is 0 Å². The predicted octanol–water partition coefficient (Wildman–Crippen LogP) is 10.7. The number of hydrogen-bond acceptors (Lipinski definition) is 7. The van der Waals surface area contributed by atoms with Gasteiger partial charge < -0.3 is 14.7 Å². The maximum absolute atomic E-state index is 11.2. The third-order valence-electron chi connectivity index (χ3n) is 8.73. The number of aromatic amines is 2. The number of benzene rings is 6. The zero-order valence-electron chi connectivity index (χ0n) is 27.8. The Morgan fingerprint density at radius 1 is 0.415 bits per heavy atom. The summed E-state index contributed by atoms with van der Waals surface area (Å²) in [7, 11) is 0.